The molecule has 6 heteroatoms. The van der Waals surface area contributed by atoms with Crippen LogP contribution in [0.4, 0.5) is 0 Å². The molecule has 0 spiro atoms. The van der Waals surface area contributed by atoms with E-state index >= 15 is 0 Å². The molecular formula is C22H24ClN3OS. The van der Waals surface area contributed by atoms with E-state index in [0.717, 1.165) is 17.7 Å². The number of rotatable bonds is 7. The Morgan fingerprint density at radius 1 is 1.32 bits per heavy atom. The number of carbonyl (C=O) groups is 1. The highest BCUT2D eigenvalue weighted by molar-refractivity contribution is 8.02. The first-order chi connectivity index (χ1) is 13.5. The molecular weight excluding hydrogens is 390 g/mol. The molecule has 2 N–H and O–H groups in total. The third-order valence-electron chi connectivity index (χ3n) is 4.00. The van der Waals surface area contributed by atoms with Crippen molar-refractivity contribution in [3.63, 3.8) is 0 Å². The number of nitrogens with two attached hydrogens (primary N) is 1. The summed E-state index contributed by atoms with van der Waals surface area (Å²) in [5.74, 6) is -0.208. The molecule has 0 saturated carbocycles. The first-order valence-corrected chi connectivity index (χ1v) is 10.2. The van der Waals surface area contributed by atoms with Crippen molar-refractivity contribution in [2.24, 2.45) is 10.8 Å². The summed E-state index contributed by atoms with van der Waals surface area (Å²) in [6.45, 7) is 7.68. The van der Waals surface area contributed by atoms with E-state index in [-0.39, 0.29) is 11.3 Å². The molecule has 1 aromatic rings. The lowest BCUT2D eigenvalue weighted by molar-refractivity contribution is 0.0764. The number of benzene rings is 1. The molecule has 4 nitrogen and oxygen atoms in total. The lowest BCUT2D eigenvalue weighted by atomic mass is 10.1. The number of amides is 1. The Kier molecular flexibility index (Phi) is 8.36. The summed E-state index contributed by atoms with van der Waals surface area (Å²) in [4.78, 5) is 13.1. The molecule has 0 saturated heterocycles. The highest BCUT2D eigenvalue weighted by Crippen LogP contribution is 2.25. The minimum absolute atomic E-state index is 0.208. The van der Waals surface area contributed by atoms with Gasteiger partial charge in [-0.15, -0.1) is 11.8 Å². The van der Waals surface area contributed by atoms with Crippen LogP contribution >= 0.6 is 23.4 Å². The smallest absolute Gasteiger partial charge is 0.275 e. The molecule has 1 heterocycles. The summed E-state index contributed by atoms with van der Waals surface area (Å²) in [6.07, 6.45) is 11.9. The van der Waals surface area contributed by atoms with Gasteiger partial charge >= 0.3 is 0 Å². The summed E-state index contributed by atoms with van der Waals surface area (Å²) < 4.78 is 0. The van der Waals surface area contributed by atoms with E-state index in [1.807, 2.05) is 49.6 Å². The maximum absolute atomic E-state index is 13.1. The van der Waals surface area contributed by atoms with E-state index in [1.54, 1.807) is 30.3 Å². The summed E-state index contributed by atoms with van der Waals surface area (Å²) in [7, 11) is 0. The van der Waals surface area contributed by atoms with Crippen molar-refractivity contribution in [1.82, 2.24) is 5.01 Å². The van der Waals surface area contributed by atoms with E-state index in [1.165, 1.54) is 16.8 Å². The van der Waals surface area contributed by atoms with Crippen LogP contribution in [0.3, 0.4) is 0 Å². The first-order valence-electron chi connectivity index (χ1n) is 8.88. The Balaban J connectivity index is 2.40. The van der Waals surface area contributed by atoms with Gasteiger partial charge in [-0.05, 0) is 60.7 Å². The van der Waals surface area contributed by atoms with Crippen LogP contribution in [0.1, 0.15) is 30.6 Å². The fraction of sp³-hybridized carbons (Fsp3) is 0.182. The quantitative estimate of drug-likeness (QED) is 0.356. The minimum atomic E-state index is -0.245. The fourth-order valence-electron chi connectivity index (χ4n) is 2.33. The molecule has 1 unspecified atom stereocenters. The van der Waals surface area contributed by atoms with Crippen LogP contribution < -0.4 is 5.73 Å². The van der Waals surface area contributed by atoms with Gasteiger partial charge in [0.2, 0.25) is 0 Å². The highest BCUT2D eigenvalue weighted by Gasteiger charge is 2.24. The number of thioether (sulfide) groups is 1. The summed E-state index contributed by atoms with van der Waals surface area (Å²) in [5, 5.41) is 8.38. The lowest BCUT2D eigenvalue weighted by Gasteiger charge is -2.26. The van der Waals surface area contributed by atoms with Crippen LogP contribution in [0.5, 0.6) is 0 Å². The molecule has 1 atom stereocenters. The van der Waals surface area contributed by atoms with Gasteiger partial charge in [0, 0.05) is 16.3 Å². The Bertz CT molecular complexity index is 866. The van der Waals surface area contributed by atoms with Gasteiger partial charge in [-0.25, -0.2) is 5.01 Å². The summed E-state index contributed by atoms with van der Waals surface area (Å²) >= 11 is 7.46. The van der Waals surface area contributed by atoms with Gasteiger partial charge in [-0.3, -0.25) is 4.79 Å². The van der Waals surface area contributed by atoms with E-state index in [0.29, 0.717) is 16.3 Å². The summed E-state index contributed by atoms with van der Waals surface area (Å²) in [6, 6.07) is 6.79. The Labute approximate surface area is 175 Å². The van der Waals surface area contributed by atoms with Gasteiger partial charge in [0.1, 0.15) is 5.37 Å². The van der Waals surface area contributed by atoms with Gasteiger partial charge in [0.05, 0.1) is 5.71 Å². The zero-order chi connectivity index (χ0) is 20.5. The van der Waals surface area contributed by atoms with Crippen LogP contribution in [-0.2, 0) is 0 Å². The third kappa shape index (κ3) is 6.01. The standard InChI is InChI=1S/C22H24ClN3OS/c1-4-17(11-14-20(24)5-2)16(3)25-26(21-8-6-7-15-28-21)22(27)18-9-12-19(23)13-10-18/h4,6-15,21H,1,5,24H2,2-3H3/b17-11+,20-14+,25-16+. The normalized spacial score (nSPS) is 17.5. The topological polar surface area (TPSA) is 58.7 Å². The second-order valence-corrected chi connectivity index (χ2v) is 7.47. The number of hydrogen-bond acceptors (Lipinski definition) is 4. The average Bonchev–Trinajstić information content (AvgIpc) is 2.72. The Hall–Kier alpha value is -2.50. The molecule has 0 aromatic heterocycles. The van der Waals surface area contributed by atoms with Crippen molar-refractivity contribution in [3.05, 3.63) is 94.6 Å². The van der Waals surface area contributed by atoms with Crippen molar-refractivity contribution in [2.45, 2.75) is 25.6 Å². The molecule has 1 amide bonds. The van der Waals surface area contributed by atoms with Crippen molar-refractivity contribution >= 4 is 35.0 Å². The Morgan fingerprint density at radius 3 is 2.61 bits per heavy atom. The van der Waals surface area contributed by atoms with Gasteiger partial charge in [0.15, 0.2) is 0 Å². The molecule has 0 fully saturated rings. The lowest BCUT2D eigenvalue weighted by Crippen LogP contribution is -2.34. The predicted octanol–water partition coefficient (Wildman–Crippen LogP) is 5.67. The Morgan fingerprint density at radius 2 is 2.04 bits per heavy atom. The van der Waals surface area contributed by atoms with Crippen LogP contribution in [0.25, 0.3) is 0 Å². The average molecular weight is 414 g/mol. The molecule has 28 heavy (non-hydrogen) atoms. The van der Waals surface area contributed by atoms with Crippen LogP contribution in [0, 0.1) is 0 Å². The van der Waals surface area contributed by atoms with Crippen LogP contribution in [-0.4, -0.2) is 22.0 Å². The zero-order valence-electron chi connectivity index (χ0n) is 16.0. The van der Waals surface area contributed by atoms with Crippen molar-refractivity contribution in [1.29, 1.82) is 0 Å². The monoisotopic (exact) mass is 413 g/mol. The van der Waals surface area contributed by atoms with Gasteiger partial charge < -0.3 is 5.73 Å². The molecule has 1 aliphatic heterocycles. The molecule has 0 radical (unpaired) electrons. The van der Waals surface area contributed by atoms with E-state index in [9.17, 15) is 4.79 Å². The second kappa shape index (κ2) is 10.7. The van der Waals surface area contributed by atoms with Gasteiger partial charge in [-0.1, -0.05) is 49.4 Å². The molecule has 1 aromatic carbocycles. The number of nitrogens with zero attached hydrogens (tertiary/aromatic N) is 2. The van der Waals surface area contributed by atoms with E-state index in [4.69, 9.17) is 17.3 Å². The number of carbonyl (C=O) groups excluding carboxylic acids is 1. The first kappa shape index (κ1) is 21.8. The number of halogens is 1. The number of hydrogen-bond donors (Lipinski definition) is 1. The molecule has 1 aliphatic rings. The third-order valence-corrected chi connectivity index (χ3v) is 5.21. The van der Waals surface area contributed by atoms with Crippen molar-refractivity contribution < 1.29 is 4.79 Å². The zero-order valence-corrected chi connectivity index (χ0v) is 17.6. The van der Waals surface area contributed by atoms with Crippen LogP contribution in [0.15, 0.2) is 89.1 Å². The van der Waals surface area contributed by atoms with Crippen molar-refractivity contribution in [2.75, 3.05) is 0 Å². The molecule has 0 bridgehead atoms. The van der Waals surface area contributed by atoms with E-state index in [2.05, 4.69) is 11.7 Å². The minimum Gasteiger partial charge on any atom is -0.402 e. The molecule has 0 aliphatic carbocycles. The number of allylic oxidation sites excluding steroid dienone is 7. The predicted molar refractivity (Wildman–Crippen MR) is 121 cm³/mol. The second-order valence-electron chi connectivity index (χ2n) is 6.00. The summed E-state index contributed by atoms with van der Waals surface area (Å²) in [5.41, 5.74) is 8.62. The van der Waals surface area contributed by atoms with Crippen LogP contribution in [0.2, 0.25) is 5.02 Å². The van der Waals surface area contributed by atoms with Crippen molar-refractivity contribution in [3.8, 4) is 0 Å². The van der Waals surface area contributed by atoms with Gasteiger partial charge in [-0.2, -0.15) is 5.10 Å². The fourth-order valence-corrected chi connectivity index (χ4v) is 3.24. The maximum atomic E-state index is 13.1. The largest absolute Gasteiger partial charge is 0.402 e. The molecule has 146 valence electrons. The highest BCUT2D eigenvalue weighted by atomic mass is 35.5. The SMILES string of the molecule is C=CC(=C\C=C(\N)CC)/C(C)=N/N(C(=O)c1ccc(Cl)cc1)C1C=CC=CS1. The maximum Gasteiger partial charge on any atom is 0.275 e. The molecule has 2 rings (SSSR count). The number of hydrazone groups is 1. The van der Waals surface area contributed by atoms with Gasteiger partial charge in [0.25, 0.3) is 5.91 Å². The van der Waals surface area contributed by atoms with E-state index < -0.39 is 0 Å².